The largest absolute Gasteiger partial charge is 0.307 e. The summed E-state index contributed by atoms with van der Waals surface area (Å²) in [5.41, 5.74) is 9.76. The highest BCUT2D eigenvalue weighted by Gasteiger charge is 2.16. The number of nitrogens with zero attached hydrogens (tertiary/aromatic N) is 3. The van der Waals surface area contributed by atoms with Gasteiger partial charge in [0.15, 0.2) is 0 Å². The van der Waals surface area contributed by atoms with Gasteiger partial charge in [0.25, 0.3) is 0 Å². The lowest BCUT2D eigenvalue weighted by molar-refractivity contribution is 0.922. The Kier molecular flexibility index (Phi) is 5.67. The van der Waals surface area contributed by atoms with Gasteiger partial charge in [0, 0.05) is 27.2 Å². The number of hydrogen-bond acceptors (Lipinski definition) is 2. The van der Waals surface area contributed by atoms with Gasteiger partial charge >= 0.3 is 0 Å². The molecule has 4 heteroatoms. The van der Waals surface area contributed by atoms with Crippen molar-refractivity contribution in [1.82, 2.24) is 14.5 Å². The SMILES string of the molecule is CCCc1cccc(-c2cc(-n3c4ccc(Br)cc4c4ncccc43)cc(-c3ccccc3)n2)c1. The lowest BCUT2D eigenvalue weighted by Crippen LogP contribution is -1.98. The summed E-state index contributed by atoms with van der Waals surface area (Å²) in [5.74, 6) is 0. The molecule has 170 valence electrons. The zero-order valence-corrected chi connectivity index (χ0v) is 21.0. The van der Waals surface area contributed by atoms with Crippen LogP contribution in [0.4, 0.5) is 0 Å². The normalized spacial score (nSPS) is 11.4. The first kappa shape index (κ1) is 21.8. The van der Waals surface area contributed by atoms with E-state index in [4.69, 9.17) is 9.97 Å². The van der Waals surface area contributed by atoms with E-state index in [2.05, 4.69) is 112 Å². The Hall–Kier alpha value is -3.76. The molecule has 0 N–H and O–H groups in total. The van der Waals surface area contributed by atoms with Crippen molar-refractivity contribution in [2.24, 2.45) is 0 Å². The van der Waals surface area contributed by atoms with Crippen molar-refractivity contribution in [3.8, 4) is 28.2 Å². The third-order valence-corrected chi connectivity index (χ3v) is 6.87. The highest BCUT2D eigenvalue weighted by atomic mass is 79.9. The van der Waals surface area contributed by atoms with Crippen LogP contribution >= 0.6 is 15.9 Å². The van der Waals surface area contributed by atoms with Gasteiger partial charge in [0.05, 0.1) is 33.6 Å². The Labute approximate surface area is 213 Å². The van der Waals surface area contributed by atoms with Crippen LogP contribution < -0.4 is 0 Å². The molecule has 3 aromatic carbocycles. The smallest absolute Gasteiger partial charge is 0.0963 e. The van der Waals surface area contributed by atoms with Crippen molar-refractivity contribution >= 4 is 37.9 Å². The van der Waals surface area contributed by atoms with Crippen LogP contribution in [0, 0.1) is 0 Å². The summed E-state index contributed by atoms with van der Waals surface area (Å²) in [4.78, 5) is 9.86. The number of aryl methyl sites for hydroxylation is 1. The first-order valence-corrected chi connectivity index (χ1v) is 12.7. The van der Waals surface area contributed by atoms with Crippen LogP contribution in [0.3, 0.4) is 0 Å². The number of hydrogen-bond donors (Lipinski definition) is 0. The average Bonchev–Trinajstić information content (AvgIpc) is 3.23. The molecule has 0 radical (unpaired) electrons. The first-order chi connectivity index (χ1) is 17.2. The van der Waals surface area contributed by atoms with Crippen LogP contribution in [0.5, 0.6) is 0 Å². The summed E-state index contributed by atoms with van der Waals surface area (Å²) in [5, 5.41) is 1.12. The number of aromatic nitrogens is 3. The van der Waals surface area contributed by atoms with Gasteiger partial charge in [-0.2, -0.15) is 0 Å². The van der Waals surface area contributed by atoms with Crippen LogP contribution in [0.15, 0.2) is 108 Å². The minimum absolute atomic E-state index is 0.954. The third kappa shape index (κ3) is 4.04. The topological polar surface area (TPSA) is 30.7 Å². The van der Waals surface area contributed by atoms with Gasteiger partial charge in [-0.15, -0.1) is 0 Å². The Morgan fingerprint density at radius 1 is 0.743 bits per heavy atom. The molecule has 0 aliphatic heterocycles. The number of fused-ring (bicyclic) bond motifs is 3. The summed E-state index contributed by atoms with van der Waals surface area (Å²) in [6, 6.07) is 34.1. The molecule has 3 heterocycles. The van der Waals surface area contributed by atoms with Gasteiger partial charge in [0.1, 0.15) is 0 Å². The summed E-state index contributed by atoms with van der Waals surface area (Å²) in [6.45, 7) is 2.22. The minimum Gasteiger partial charge on any atom is -0.307 e. The van der Waals surface area contributed by atoms with E-state index in [0.717, 1.165) is 67.5 Å². The van der Waals surface area contributed by atoms with E-state index in [1.165, 1.54) is 5.56 Å². The van der Waals surface area contributed by atoms with Crippen molar-refractivity contribution < 1.29 is 0 Å². The molecule has 0 saturated carbocycles. The van der Waals surface area contributed by atoms with E-state index in [1.807, 2.05) is 18.3 Å². The molecule has 0 aliphatic carbocycles. The lowest BCUT2D eigenvalue weighted by atomic mass is 10.0. The molecular formula is C31H24BrN3. The average molecular weight is 518 g/mol. The van der Waals surface area contributed by atoms with Crippen LogP contribution in [-0.4, -0.2) is 14.5 Å². The maximum Gasteiger partial charge on any atom is 0.0963 e. The fourth-order valence-electron chi connectivity index (χ4n) is 4.81. The predicted octanol–water partition coefficient (Wildman–Crippen LogP) is 8.62. The van der Waals surface area contributed by atoms with E-state index in [-0.39, 0.29) is 0 Å². The van der Waals surface area contributed by atoms with Crippen molar-refractivity contribution in [1.29, 1.82) is 0 Å². The summed E-state index contributed by atoms with van der Waals surface area (Å²) in [7, 11) is 0. The molecule has 3 aromatic heterocycles. The van der Waals surface area contributed by atoms with Gasteiger partial charge in [-0.1, -0.05) is 77.8 Å². The Morgan fingerprint density at radius 2 is 1.54 bits per heavy atom. The molecule has 0 aliphatic rings. The molecule has 35 heavy (non-hydrogen) atoms. The molecule has 6 aromatic rings. The third-order valence-electron chi connectivity index (χ3n) is 6.38. The Balaban J connectivity index is 1.65. The lowest BCUT2D eigenvalue weighted by Gasteiger charge is -2.13. The molecule has 0 amide bonds. The zero-order valence-electron chi connectivity index (χ0n) is 19.4. The number of rotatable bonds is 5. The summed E-state index contributed by atoms with van der Waals surface area (Å²) in [6.07, 6.45) is 4.04. The highest BCUT2D eigenvalue weighted by molar-refractivity contribution is 9.10. The summed E-state index contributed by atoms with van der Waals surface area (Å²) >= 11 is 3.64. The second-order valence-corrected chi connectivity index (χ2v) is 9.70. The fraction of sp³-hybridized carbons (Fsp3) is 0.0968. The van der Waals surface area contributed by atoms with Gasteiger partial charge < -0.3 is 4.57 Å². The molecule has 0 bridgehead atoms. The van der Waals surface area contributed by atoms with Crippen LogP contribution in [0.25, 0.3) is 50.1 Å². The molecule has 3 nitrogen and oxygen atoms in total. The zero-order chi connectivity index (χ0) is 23.8. The van der Waals surface area contributed by atoms with Crippen LogP contribution in [0.2, 0.25) is 0 Å². The molecular weight excluding hydrogens is 494 g/mol. The maximum atomic E-state index is 5.12. The van der Waals surface area contributed by atoms with Crippen LogP contribution in [-0.2, 0) is 6.42 Å². The fourth-order valence-corrected chi connectivity index (χ4v) is 5.17. The maximum absolute atomic E-state index is 5.12. The van der Waals surface area contributed by atoms with Gasteiger partial charge in [0.2, 0.25) is 0 Å². The number of pyridine rings is 2. The van der Waals surface area contributed by atoms with Crippen molar-refractivity contribution in [3.63, 3.8) is 0 Å². The second-order valence-electron chi connectivity index (χ2n) is 8.78. The minimum atomic E-state index is 0.954. The van der Waals surface area contributed by atoms with E-state index in [9.17, 15) is 0 Å². The highest BCUT2D eigenvalue weighted by Crippen LogP contribution is 2.35. The quantitative estimate of drug-likeness (QED) is 0.229. The van der Waals surface area contributed by atoms with Crippen molar-refractivity contribution in [2.45, 2.75) is 19.8 Å². The van der Waals surface area contributed by atoms with E-state index < -0.39 is 0 Å². The van der Waals surface area contributed by atoms with Crippen molar-refractivity contribution in [3.05, 3.63) is 113 Å². The van der Waals surface area contributed by atoms with Gasteiger partial charge in [-0.25, -0.2) is 4.98 Å². The summed E-state index contributed by atoms with van der Waals surface area (Å²) < 4.78 is 3.35. The molecule has 0 atom stereocenters. The van der Waals surface area contributed by atoms with E-state index in [0.29, 0.717) is 0 Å². The molecule has 6 rings (SSSR count). The number of halogens is 1. The first-order valence-electron chi connectivity index (χ1n) is 11.9. The van der Waals surface area contributed by atoms with E-state index in [1.54, 1.807) is 0 Å². The Bertz CT molecular complexity index is 1670. The molecule has 0 saturated heterocycles. The monoisotopic (exact) mass is 517 g/mol. The Morgan fingerprint density at radius 3 is 2.37 bits per heavy atom. The predicted molar refractivity (Wildman–Crippen MR) is 149 cm³/mol. The second kappa shape index (κ2) is 9.12. The van der Waals surface area contributed by atoms with Crippen LogP contribution in [0.1, 0.15) is 18.9 Å². The van der Waals surface area contributed by atoms with Crippen molar-refractivity contribution in [2.75, 3.05) is 0 Å². The standard InChI is InChI=1S/C31H24BrN3/c1-2-8-21-9-6-12-23(17-21)28-20-25(19-27(34-28)22-10-4-3-5-11-22)35-29-15-14-24(32)18-26(29)31-30(35)13-7-16-33-31/h3-7,9-20H,2,8H2,1H3. The molecule has 0 spiro atoms. The molecule has 0 unspecified atom stereocenters. The number of benzene rings is 3. The van der Waals surface area contributed by atoms with E-state index >= 15 is 0 Å². The van der Waals surface area contributed by atoms with Gasteiger partial charge in [-0.3, -0.25) is 4.98 Å². The van der Waals surface area contributed by atoms with Gasteiger partial charge in [-0.05, 0) is 60.5 Å². The molecule has 0 fully saturated rings.